The molecular formula is C2H6S2Se. The Kier molecular flexibility index (Phi) is 0.958. The Morgan fingerprint density at radius 3 is 1.40 bits per heavy atom. The molecule has 32 valence electrons. The van der Waals surface area contributed by atoms with Crippen LogP contribution >= 0.6 is 18.4 Å². The van der Waals surface area contributed by atoms with Crippen LogP contribution in [0, 0.1) is 0 Å². The second kappa shape index (κ2) is 1.09. The molecule has 3 heteroatoms. The van der Waals surface area contributed by atoms with E-state index in [1.807, 2.05) is 0 Å². The SMILES string of the molecule is C[Se]1(C)SS1. The first-order valence-electron chi connectivity index (χ1n) is 1.32. The molecule has 1 rings (SSSR count). The van der Waals surface area contributed by atoms with E-state index in [9.17, 15) is 0 Å². The van der Waals surface area contributed by atoms with E-state index in [2.05, 4.69) is 30.1 Å². The van der Waals surface area contributed by atoms with Crippen LogP contribution in [0.5, 0.6) is 0 Å². The van der Waals surface area contributed by atoms with Gasteiger partial charge in [0.25, 0.3) is 0 Å². The minimum atomic E-state index is -0.667. The molecule has 0 radical (unpaired) electrons. The summed E-state index contributed by atoms with van der Waals surface area (Å²) in [7, 11) is 3.53. The average molecular weight is 173 g/mol. The number of hydrogen-bond donors (Lipinski definition) is 0. The second-order valence-electron chi connectivity index (χ2n) is 1.28. The van der Waals surface area contributed by atoms with Crippen LogP contribution in [0.1, 0.15) is 0 Å². The van der Waals surface area contributed by atoms with E-state index >= 15 is 0 Å². The Hall–Kier alpha value is 1.22. The molecule has 1 aliphatic rings. The van der Waals surface area contributed by atoms with Crippen LogP contribution in [0.25, 0.3) is 0 Å². The molecule has 1 heterocycles. The van der Waals surface area contributed by atoms with E-state index in [0.29, 0.717) is 0 Å². The molecule has 0 atom stereocenters. The molecular weight excluding hydrogens is 167 g/mol. The molecule has 0 saturated carbocycles. The summed E-state index contributed by atoms with van der Waals surface area (Å²) >= 11 is 0. The topological polar surface area (TPSA) is 0 Å². The van der Waals surface area contributed by atoms with Crippen LogP contribution in [0.3, 0.4) is 0 Å². The Labute approximate surface area is 40.8 Å². The number of hydrogen-bond acceptors (Lipinski definition) is 2. The van der Waals surface area contributed by atoms with Crippen molar-refractivity contribution in [3.05, 3.63) is 0 Å². The van der Waals surface area contributed by atoms with Crippen molar-refractivity contribution in [2.45, 2.75) is 11.6 Å². The van der Waals surface area contributed by atoms with E-state index in [-0.39, 0.29) is 0 Å². The summed E-state index contributed by atoms with van der Waals surface area (Å²) in [5.74, 6) is 4.76. The van der Waals surface area contributed by atoms with Crippen LogP contribution in [-0.4, -0.2) is 10.6 Å². The van der Waals surface area contributed by atoms with Gasteiger partial charge in [-0.3, -0.25) is 0 Å². The molecule has 0 unspecified atom stereocenters. The number of rotatable bonds is 0. The maximum atomic E-state index is 2.38. The third-order valence-corrected chi connectivity index (χ3v) is 15.9. The predicted molar refractivity (Wildman–Crippen MR) is 32.7 cm³/mol. The molecule has 0 aromatic heterocycles. The molecule has 0 N–H and O–H groups in total. The average Bonchev–Trinajstić information content (AvgIpc) is 1.76. The standard InChI is InChI=1S/C2H6S2Se/c1-5(2)3-4-5/h1-2H3. The molecule has 0 spiro atoms. The summed E-state index contributed by atoms with van der Waals surface area (Å²) in [6.07, 6.45) is 0. The van der Waals surface area contributed by atoms with Gasteiger partial charge >= 0.3 is 40.7 Å². The normalized spacial score (nSPS) is 36.4. The Morgan fingerprint density at radius 2 is 1.40 bits per heavy atom. The van der Waals surface area contributed by atoms with Gasteiger partial charge in [0.15, 0.2) is 0 Å². The first-order valence-corrected chi connectivity index (χ1v) is 10.9. The van der Waals surface area contributed by atoms with Crippen molar-refractivity contribution in [3.8, 4) is 0 Å². The molecule has 5 heavy (non-hydrogen) atoms. The van der Waals surface area contributed by atoms with Crippen LogP contribution in [0.2, 0.25) is 11.6 Å². The van der Waals surface area contributed by atoms with E-state index in [4.69, 9.17) is 0 Å². The van der Waals surface area contributed by atoms with E-state index in [1.54, 1.807) is 0 Å². The Balaban J connectivity index is 2.38. The molecule has 0 amide bonds. The fourth-order valence-corrected chi connectivity index (χ4v) is 13.5. The Bertz CT molecular complexity index is 45.6. The zero-order chi connectivity index (χ0) is 3.91. The van der Waals surface area contributed by atoms with Gasteiger partial charge < -0.3 is 0 Å². The quantitative estimate of drug-likeness (QED) is 0.312. The maximum absolute atomic E-state index is 2.38. The molecule has 1 fully saturated rings. The summed E-state index contributed by atoms with van der Waals surface area (Å²) in [6.45, 7) is 0. The van der Waals surface area contributed by atoms with E-state index in [0.717, 1.165) is 0 Å². The zero-order valence-electron chi connectivity index (χ0n) is 3.22. The van der Waals surface area contributed by atoms with Gasteiger partial charge in [-0.1, -0.05) is 0 Å². The first-order chi connectivity index (χ1) is 2.21. The van der Waals surface area contributed by atoms with Gasteiger partial charge in [0.1, 0.15) is 0 Å². The van der Waals surface area contributed by atoms with Crippen molar-refractivity contribution in [3.63, 3.8) is 0 Å². The minimum absolute atomic E-state index is 0.667. The zero-order valence-corrected chi connectivity index (χ0v) is 6.57. The Morgan fingerprint density at radius 1 is 1.20 bits per heavy atom. The predicted octanol–water partition coefficient (Wildman–Crippen LogP) is 2.08. The third-order valence-electron chi connectivity index (χ3n) is 0.340. The van der Waals surface area contributed by atoms with Crippen molar-refractivity contribution in [2.75, 3.05) is 0 Å². The fraction of sp³-hybridized carbons (Fsp3) is 1.00. The van der Waals surface area contributed by atoms with Crippen molar-refractivity contribution in [1.82, 2.24) is 0 Å². The summed E-state index contributed by atoms with van der Waals surface area (Å²) < 4.78 is 0. The van der Waals surface area contributed by atoms with Crippen LogP contribution in [0.15, 0.2) is 0 Å². The van der Waals surface area contributed by atoms with Gasteiger partial charge in [0, 0.05) is 0 Å². The summed E-state index contributed by atoms with van der Waals surface area (Å²) in [4.78, 5) is 0. The molecule has 1 aliphatic heterocycles. The van der Waals surface area contributed by atoms with E-state index in [1.165, 1.54) is 0 Å². The van der Waals surface area contributed by atoms with Gasteiger partial charge in [-0.15, -0.1) is 0 Å². The van der Waals surface area contributed by atoms with Gasteiger partial charge in [0.2, 0.25) is 0 Å². The summed E-state index contributed by atoms with van der Waals surface area (Å²) in [5, 5.41) is 0. The monoisotopic (exact) mass is 174 g/mol. The molecule has 0 aromatic rings. The first kappa shape index (κ1) is 4.38. The van der Waals surface area contributed by atoms with Crippen molar-refractivity contribution in [1.29, 1.82) is 0 Å². The second-order valence-corrected chi connectivity index (χ2v) is 22.1. The van der Waals surface area contributed by atoms with Crippen molar-refractivity contribution >= 4 is 29.0 Å². The van der Waals surface area contributed by atoms with Gasteiger partial charge in [-0.05, 0) is 0 Å². The van der Waals surface area contributed by atoms with Crippen molar-refractivity contribution < 1.29 is 0 Å². The van der Waals surface area contributed by atoms with Crippen LogP contribution < -0.4 is 0 Å². The molecule has 0 nitrogen and oxygen atoms in total. The molecule has 1 saturated heterocycles. The molecule has 0 bridgehead atoms. The van der Waals surface area contributed by atoms with Gasteiger partial charge in [-0.25, -0.2) is 0 Å². The summed E-state index contributed by atoms with van der Waals surface area (Å²) in [5.41, 5.74) is 0. The van der Waals surface area contributed by atoms with Crippen molar-refractivity contribution in [2.24, 2.45) is 0 Å². The van der Waals surface area contributed by atoms with Crippen LogP contribution in [0.4, 0.5) is 0 Å². The fourth-order valence-electron chi connectivity index (χ4n) is 0.0556. The van der Waals surface area contributed by atoms with Gasteiger partial charge in [-0.2, -0.15) is 0 Å². The summed E-state index contributed by atoms with van der Waals surface area (Å²) in [6, 6.07) is 0. The van der Waals surface area contributed by atoms with Gasteiger partial charge in [0.05, 0.1) is 0 Å². The van der Waals surface area contributed by atoms with E-state index < -0.39 is 10.6 Å². The third kappa shape index (κ3) is 1.40. The van der Waals surface area contributed by atoms with Crippen LogP contribution in [-0.2, 0) is 0 Å². The molecule has 0 aromatic carbocycles. The molecule has 0 aliphatic carbocycles.